The number of methoxy groups -OCH3 is 1. The second-order valence-electron chi connectivity index (χ2n) is 10.4. The van der Waals surface area contributed by atoms with E-state index in [1.807, 2.05) is 66.7 Å². The molecule has 3 rings (SSSR count). The number of amides is 2. The van der Waals surface area contributed by atoms with Gasteiger partial charge in [-0.25, -0.2) is 5.43 Å². The fourth-order valence-electron chi connectivity index (χ4n) is 4.84. The number of benzene rings is 2. The first-order valence-corrected chi connectivity index (χ1v) is 14.7. The summed E-state index contributed by atoms with van der Waals surface area (Å²) in [5, 5.41) is 12.8. The fraction of sp³-hybridized carbons (Fsp3) is 0.424. The predicted octanol–water partition coefficient (Wildman–Crippen LogP) is 4.93. The lowest BCUT2D eigenvalue weighted by Gasteiger charge is -2.37. The number of carboxylic acid groups (broad SMARTS) is 1. The number of rotatable bonds is 13. The molecule has 0 unspecified atom stereocenters. The number of carbonyl (C=O) groups is 4. The second kappa shape index (κ2) is 18.3. The van der Waals surface area contributed by atoms with Crippen LogP contribution in [0.4, 0.5) is 0 Å². The minimum atomic E-state index is -0.838. The van der Waals surface area contributed by atoms with Crippen molar-refractivity contribution in [1.29, 1.82) is 0 Å². The van der Waals surface area contributed by atoms with Gasteiger partial charge in [0.2, 0.25) is 11.8 Å². The number of hydrogen-bond donors (Lipinski definition) is 2. The highest BCUT2D eigenvalue weighted by atomic mass is 16.5. The molecule has 1 aliphatic rings. The van der Waals surface area contributed by atoms with Gasteiger partial charge in [-0.2, -0.15) is 5.10 Å². The van der Waals surface area contributed by atoms with E-state index in [9.17, 15) is 19.2 Å². The van der Waals surface area contributed by atoms with E-state index < -0.39 is 18.1 Å². The average molecular weight is 592 g/mol. The molecule has 2 aromatic rings. The molecule has 0 radical (unpaired) electrons. The lowest BCUT2D eigenvalue weighted by atomic mass is 9.99. The maximum atomic E-state index is 13.7. The van der Waals surface area contributed by atoms with E-state index in [1.54, 1.807) is 12.0 Å². The van der Waals surface area contributed by atoms with Crippen LogP contribution in [0.1, 0.15) is 80.6 Å². The second-order valence-corrected chi connectivity index (χ2v) is 10.4. The molecule has 0 spiro atoms. The number of unbranched alkanes of at least 4 members (excludes halogenated alkanes) is 2. The van der Waals surface area contributed by atoms with Crippen LogP contribution in [0.15, 0.2) is 71.9 Å². The van der Waals surface area contributed by atoms with Crippen molar-refractivity contribution in [3.8, 4) is 0 Å². The monoisotopic (exact) mass is 591 g/mol. The SMILES string of the molecule is COC[C@H]1[C@H](c2ccccc2)OC(=O)CC/C=C/CCC(=O)N1Cc1cccc(/C=N/NC(=O)CCCCCC(=O)O)c1. The summed E-state index contributed by atoms with van der Waals surface area (Å²) in [4.78, 5) is 50.9. The van der Waals surface area contributed by atoms with Crippen LogP contribution in [0.25, 0.3) is 0 Å². The van der Waals surface area contributed by atoms with Gasteiger partial charge in [0.25, 0.3) is 0 Å². The molecule has 0 bridgehead atoms. The van der Waals surface area contributed by atoms with E-state index >= 15 is 0 Å². The van der Waals surface area contributed by atoms with Gasteiger partial charge in [-0.15, -0.1) is 0 Å². The number of allylic oxidation sites excluding steroid dienone is 2. The normalized spacial score (nSPS) is 18.9. The number of cyclic esters (lactones) is 1. The lowest BCUT2D eigenvalue weighted by molar-refractivity contribution is -0.159. The topological polar surface area (TPSA) is 135 Å². The summed E-state index contributed by atoms with van der Waals surface area (Å²) >= 11 is 0. The van der Waals surface area contributed by atoms with Crippen molar-refractivity contribution in [1.82, 2.24) is 10.3 Å². The molecule has 0 saturated carbocycles. The van der Waals surface area contributed by atoms with Crippen LogP contribution in [0.3, 0.4) is 0 Å². The first-order valence-electron chi connectivity index (χ1n) is 14.7. The highest BCUT2D eigenvalue weighted by Gasteiger charge is 2.34. The number of esters is 1. The van der Waals surface area contributed by atoms with Crippen LogP contribution in [0.2, 0.25) is 0 Å². The van der Waals surface area contributed by atoms with Gasteiger partial charge in [-0.1, -0.05) is 67.1 Å². The molecule has 0 fully saturated rings. The Balaban J connectivity index is 1.77. The molecule has 10 heteroatoms. The van der Waals surface area contributed by atoms with Crippen molar-refractivity contribution < 1.29 is 33.8 Å². The van der Waals surface area contributed by atoms with Gasteiger partial charge >= 0.3 is 11.9 Å². The maximum Gasteiger partial charge on any atom is 0.306 e. The standard InChI is InChI=1S/C33H41N3O7/c1-42-24-28-33(27-15-6-4-7-16-27)43-32(41)20-11-3-2-9-18-30(38)36(28)23-26-14-12-13-25(21-26)22-34-35-29(37)17-8-5-10-19-31(39)40/h2-4,6-7,12-16,21-22,28,33H,5,8-11,17-20,23-24H2,1H3,(H,35,37)(H,39,40)/b3-2+,34-22+/t28-,33-/m0/s1. The largest absolute Gasteiger partial charge is 0.481 e. The van der Waals surface area contributed by atoms with Gasteiger partial charge in [-0.3, -0.25) is 19.2 Å². The third-order valence-electron chi connectivity index (χ3n) is 7.00. The molecule has 0 aliphatic carbocycles. The zero-order valence-electron chi connectivity index (χ0n) is 24.7. The molecule has 230 valence electrons. The van der Waals surface area contributed by atoms with Crippen molar-refractivity contribution in [2.24, 2.45) is 5.10 Å². The fourth-order valence-corrected chi connectivity index (χ4v) is 4.84. The Morgan fingerprint density at radius 2 is 1.77 bits per heavy atom. The van der Waals surface area contributed by atoms with E-state index in [2.05, 4.69) is 10.5 Å². The molecule has 2 amide bonds. The Hall–Kier alpha value is -4.31. The third kappa shape index (κ3) is 11.8. The van der Waals surface area contributed by atoms with E-state index in [4.69, 9.17) is 14.6 Å². The van der Waals surface area contributed by atoms with Gasteiger partial charge in [0.1, 0.15) is 6.10 Å². The highest BCUT2D eigenvalue weighted by Crippen LogP contribution is 2.29. The smallest absolute Gasteiger partial charge is 0.306 e. The number of nitrogens with zero attached hydrogens (tertiary/aromatic N) is 2. The van der Waals surface area contributed by atoms with Crippen LogP contribution >= 0.6 is 0 Å². The summed E-state index contributed by atoms with van der Waals surface area (Å²) in [7, 11) is 1.56. The zero-order valence-corrected chi connectivity index (χ0v) is 24.7. The molecule has 2 aromatic carbocycles. The van der Waals surface area contributed by atoms with Crippen LogP contribution < -0.4 is 5.43 Å². The number of ether oxygens (including phenoxy) is 2. The summed E-state index contributed by atoms with van der Waals surface area (Å²) in [6.07, 6.45) is 8.45. The Morgan fingerprint density at radius 1 is 1.02 bits per heavy atom. The first-order chi connectivity index (χ1) is 20.9. The molecule has 0 aromatic heterocycles. The van der Waals surface area contributed by atoms with Gasteiger partial charge < -0.3 is 19.5 Å². The number of carbonyl (C=O) groups excluding carboxylic acids is 3. The summed E-state index contributed by atoms with van der Waals surface area (Å²) in [5.41, 5.74) is 4.86. The molecule has 1 aliphatic heterocycles. The third-order valence-corrected chi connectivity index (χ3v) is 7.00. The molecule has 2 atom stereocenters. The number of hydrogen-bond acceptors (Lipinski definition) is 7. The lowest BCUT2D eigenvalue weighted by Crippen LogP contribution is -2.47. The van der Waals surface area contributed by atoms with Crippen molar-refractivity contribution in [2.75, 3.05) is 13.7 Å². The minimum Gasteiger partial charge on any atom is -0.481 e. The van der Waals surface area contributed by atoms with Crippen molar-refractivity contribution in [2.45, 2.75) is 76.5 Å². The van der Waals surface area contributed by atoms with E-state index in [0.717, 1.165) is 16.7 Å². The van der Waals surface area contributed by atoms with Gasteiger partial charge in [0, 0.05) is 39.3 Å². The molecule has 10 nitrogen and oxygen atoms in total. The predicted molar refractivity (Wildman–Crippen MR) is 162 cm³/mol. The van der Waals surface area contributed by atoms with Crippen molar-refractivity contribution in [3.63, 3.8) is 0 Å². The molecular weight excluding hydrogens is 550 g/mol. The summed E-state index contributed by atoms with van der Waals surface area (Å²) in [6.45, 7) is 0.416. The van der Waals surface area contributed by atoms with E-state index in [0.29, 0.717) is 38.5 Å². The molecule has 2 N–H and O–H groups in total. The highest BCUT2D eigenvalue weighted by molar-refractivity contribution is 5.82. The summed E-state index contributed by atoms with van der Waals surface area (Å²) < 4.78 is 11.6. The van der Waals surface area contributed by atoms with E-state index in [1.165, 1.54) is 6.21 Å². The van der Waals surface area contributed by atoms with Crippen molar-refractivity contribution >= 4 is 30.0 Å². The van der Waals surface area contributed by atoms with Gasteiger partial charge in [0.05, 0.1) is 18.9 Å². The number of carboxylic acids is 1. The number of aliphatic carboxylic acids is 1. The first kappa shape index (κ1) is 33.2. The molecular formula is C33H41N3O7. The Kier molecular flexibility index (Phi) is 14.1. The Labute approximate surface area is 252 Å². The number of hydrazone groups is 1. The zero-order chi connectivity index (χ0) is 30.9. The molecule has 1 heterocycles. The average Bonchev–Trinajstić information content (AvgIpc) is 2.99. The van der Waals surface area contributed by atoms with Crippen LogP contribution in [0, 0.1) is 0 Å². The minimum absolute atomic E-state index is 0.0843. The Morgan fingerprint density at radius 3 is 2.51 bits per heavy atom. The quantitative estimate of drug-likeness (QED) is 0.111. The number of nitrogens with one attached hydrogen (secondary N) is 1. The van der Waals surface area contributed by atoms with Crippen LogP contribution in [0.5, 0.6) is 0 Å². The maximum absolute atomic E-state index is 13.7. The van der Waals surface area contributed by atoms with Gasteiger partial charge in [-0.05, 0) is 48.4 Å². The van der Waals surface area contributed by atoms with Crippen molar-refractivity contribution in [3.05, 3.63) is 83.4 Å². The molecule has 43 heavy (non-hydrogen) atoms. The Bertz CT molecular complexity index is 1260. The summed E-state index contributed by atoms with van der Waals surface area (Å²) in [5.74, 6) is -1.51. The van der Waals surface area contributed by atoms with E-state index in [-0.39, 0.29) is 50.2 Å². The summed E-state index contributed by atoms with van der Waals surface area (Å²) in [6, 6.07) is 16.3. The molecule has 0 saturated heterocycles. The van der Waals surface area contributed by atoms with Gasteiger partial charge in [0.15, 0.2) is 0 Å². The van der Waals surface area contributed by atoms with Crippen LogP contribution in [-0.4, -0.2) is 59.7 Å². The van der Waals surface area contributed by atoms with Crippen LogP contribution in [-0.2, 0) is 35.2 Å².